The van der Waals surface area contributed by atoms with Crippen LogP contribution in [0.5, 0.6) is 0 Å². The highest BCUT2D eigenvalue weighted by Crippen LogP contribution is 2.21. The third kappa shape index (κ3) is 4.96. The minimum Gasteiger partial charge on any atom is -0.262 e. The van der Waals surface area contributed by atoms with Gasteiger partial charge in [0.25, 0.3) is 0 Å². The molecule has 1 aromatic rings. The van der Waals surface area contributed by atoms with E-state index >= 15 is 0 Å². The fourth-order valence-corrected chi connectivity index (χ4v) is 3.90. The van der Waals surface area contributed by atoms with Crippen LogP contribution in [0.3, 0.4) is 0 Å². The van der Waals surface area contributed by atoms with E-state index in [4.69, 9.17) is 0 Å². The van der Waals surface area contributed by atoms with Crippen molar-refractivity contribution in [3.05, 3.63) is 22.7 Å². The van der Waals surface area contributed by atoms with Crippen LogP contribution in [0.15, 0.2) is 20.5 Å². The number of anilines is 1. The molecular weight excluding hydrogens is 337 g/mol. The predicted octanol–water partition coefficient (Wildman–Crippen LogP) is 1.37. The van der Waals surface area contributed by atoms with Gasteiger partial charge >= 0.3 is 10.2 Å². The van der Waals surface area contributed by atoms with Crippen molar-refractivity contribution < 1.29 is 17.0 Å². The lowest BCUT2D eigenvalue weighted by Crippen LogP contribution is -2.12. The molecule has 6 nitrogen and oxygen atoms in total. The molecule has 1 rings (SSSR count). The van der Waals surface area contributed by atoms with Crippen molar-refractivity contribution in [1.29, 1.82) is 0 Å². The maximum atomic E-state index is 12.7. The second-order valence-corrected chi connectivity index (χ2v) is 8.17. The minimum atomic E-state index is -4.12. The van der Waals surface area contributed by atoms with E-state index in [9.17, 15) is 17.0 Å². The highest BCUT2D eigenvalue weighted by Gasteiger charge is 2.13. The third-order valence-corrected chi connectivity index (χ3v) is 4.63. The first-order chi connectivity index (χ1) is 7.59. The summed E-state index contributed by atoms with van der Waals surface area (Å²) >= 11 is 2.89. The van der Waals surface area contributed by atoms with E-state index in [2.05, 4.69) is 24.7 Å². The highest BCUT2D eigenvalue weighted by atomic mass is 79.9. The van der Waals surface area contributed by atoms with Gasteiger partial charge < -0.3 is 0 Å². The number of hydrogen-bond acceptors (Lipinski definition) is 4. The lowest BCUT2D eigenvalue weighted by molar-refractivity contribution is 0.581. The van der Waals surface area contributed by atoms with Gasteiger partial charge in [0.2, 0.25) is 5.95 Å². The zero-order chi connectivity index (χ0) is 13.3. The van der Waals surface area contributed by atoms with Crippen molar-refractivity contribution in [2.75, 3.05) is 17.2 Å². The van der Waals surface area contributed by atoms with Crippen LogP contribution in [-0.2, 0) is 19.9 Å². The molecule has 0 fully saturated rings. The largest absolute Gasteiger partial charge is 0.350 e. The molecule has 96 valence electrons. The number of rotatable bonds is 3. The first-order valence-electron chi connectivity index (χ1n) is 4.12. The predicted molar refractivity (Wildman–Crippen MR) is 66.9 cm³/mol. The maximum Gasteiger partial charge on any atom is 0.350 e. The van der Waals surface area contributed by atoms with Crippen LogP contribution in [-0.4, -0.2) is 30.1 Å². The Labute approximate surface area is 107 Å². The topological polar surface area (TPSA) is 88.5 Å². The van der Waals surface area contributed by atoms with E-state index in [1.165, 1.54) is 18.6 Å². The summed E-state index contributed by atoms with van der Waals surface area (Å²) in [6.07, 6.45) is 2.37. The second-order valence-electron chi connectivity index (χ2n) is 3.31. The van der Waals surface area contributed by atoms with E-state index < -0.39 is 25.9 Å². The summed E-state index contributed by atoms with van der Waals surface area (Å²) in [5, 5.41) is 0. The van der Waals surface area contributed by atoms with Gasteiger partial charge in [0.05, 0.1) is 15.4 Å². The molecule has 1 heterocycles. The van der Waals surface area contributed by atoms with Gasteiger partial charge in [-0.05, 0) is 28.1 Å². The summed E-state index contributed by atoms with van der Waals surface area (Å²) in [5.41, 5.74) is 0.0128. The van der Waals surface area contributed by atoms with E-state index in [-0.39, 0.29) is 10.3 Å². The average molecular weight is 346 g/mol. The van der Waals surface area contributed by atoms with Crippen LogP contribution in [0.4, 0.5) is 10.1 Å². The number of nitrogens with one attached hydrogen (secondary N) is 1. The van der Waals surface area contributed by atoms with Crippen LogP contribution in [0.25, 0.3) is 0 Å². The normalized spacial score (nSPS) is 12.2. The smallest absolute Gasteiger partial charge is 0.262 e. The molecule has 0 amide bonds. The molecule has 0 atom stereocenters. The van der Waals surface area contributed by atoms with Crippen LogP contribution < -0.4 is 4.72 Å². The SMILES string of the molecule is CS(C)(=O)=NS(=O)(=O)Nc1ccc(F)nc1Br. The molecule has 0 radical (unpaired) electrons. The fourth-order valence-electron chi connectivity index (χ4n) is 0.882. The Hall–Kier alpha value is -0.740. The van der Waals surface area contributed by atoms with Gasteiger partial charge in [0, 0.05) is 12.5 Å². The standard InChI is InChI=1S/C7H9BrFN3O3S2/c1-16(2,13)12-17(14,15)11-5-3-4-6(9)10-7(5)8/h3-4,11H,1-2H3. The van der Waals surface area contributed by atoms with Crippen molar-refractivity contribution in [2.45, 2.75) is 0 Å². The van der Waals surface area contributed by atoms with Gasteiger partial charge in [0.15, 0.2) is 0 Å². The Kier molecular flexibility index (Phi) is 4.10. The Morgan fingerprint density at radius 3 is 2.41 bits per heavy atom. The zero-order valence-electron chi connectivity index (χ0n) is 8.85. The van der Waals surface area contributed by atoms with Crippen LogP contribution in [0, 0.1) is 5.95 Å². The summed E-state index contributed by atoms with van der Waals surface area (Å²) in [6.45, 7) is 0. The molecule has 0 unspecified atom stereocenters. The lowest BCUT2D eigenvalue weighted by atomic mass is 10.4. The molecular formula is C7H9BrFN3O3S2. The highest BCUT2D eigenvalue weighted by molar-refractivity contribution is 9.10. The summed E-state index contributed by atoms with van der Waals surface area (Å²) < 4.78 is 52.0. The Morgan fingerprint density at radius 2 is 1.94 bits per heavy atom. The molecule has 0 saturated heterocycles. The number of hydrogen-bond donors (Lipinski definition) is 1. The molecule has 0 bridgehead atoms. The van der Waals surface area contributed by atoms with Crippen LogP contribution in [0.1, 0.15) is 0 Å². The van der Waals surface area contributed by atoms with E-state index in [0.717, 1.165) is 6.07 Å². The molecule has 17 heavy (non-hydrogen) atoms. The summed E-state index contributed by atoms with van der Waals surface area (Å²) in [7, 11) is -6.93. The molecule has 1 N–H and O–H groups in total. The molecule has 0 saturated carbocycles. The Morgan fingerprint density at radius 1 is 1.35 bits per heavy atom. The third-order valence-electron chi connectivity index (χ3n) is 1.33. The van der Waals surface area contributed by atoms with Gasteiger partial charge in [-0.1, -0.05) is 3.77 Å². The number of nitrogens with zero attached hydrogens (tertiary/aromatic N) is 2. The quantitative estimate of drug-likeness (QED) is 0.837. The number of pyridine rings is 1. The Balaban J connectivity index is 3.12. The average Bonchev–Trinajstić information content (AvgIpc) is 2.05. The van der Waals surface area contributed by atoms with Gasteiger partial charge in [-0.2, -0.15) is 12.8 Å². The van der Waals surface area contributed by atoms with Crippen molar-refractivity contribution in [1.82, 2.24) is 4.98 Å². The van der Waals surface area contributed by atoms with E-state index in [1.54, 1.807) is 0 Å². The lowest BCUT2D eigenvalue weighted by Gasteiger charge is -2.05. The van der Waals surface area contributed by atoms with Gasteiger partial charge in [-0.3, -0.25) is 4.72 Å². The summed E-state index contributed by atoms with van der Waals surface area (Å²) in [4.78, 5) is 3.36. The zero-order valence-corrected chi connectivity index (χ0v) is 12.1. The first-order valence-corrected chi connectivity index (χ1v) is 8.69. The van der Waals surface area contributed by atoms with Crippen LogP contribution >= 0.6 is 15.9 Å². The molecule has 0 aliphatic carbocycles. The van der Waals surface area contributed by atoms with E-state index in [0.29, 0.717) is 0 Å². The van der Waals surface area contributed by atoms with Crippen molar-refractivity contribution in [3.8, 4) is 0 Å². The van der Waals surface area contributed by atoms with Crippen LogP contribution in [0.2, 0.25) is 0 Å². The number of halogens is 2. The van der Waals surface area contributed by atoms with Gasteiger partial charge in [-0.25, -0.2) is 9.19 Å². The molecule has 0 aromatic carbocycles. The van der Waals surface area contributed by atoms with E-state index in [1.807, 2.05) is 4.72 Å². The second kappa shape index (κ2) is 4.86. The first kappa shape index (κ1) is 14.3. The van der Waals surface area contributed by atoms with Gasteiger partial charge in [-0.15, -0.1) is 0 Å². The van der Waals surface area contributed by atoms with Crippen molar-refractivity contribution in [3.63, 3.8) is 0 Å². The number of aromatic nitrogens is 1. The minimum absolute atomic E-state index is 0.0128. The molecule has 0 aliphatic rings. The maximum absolute atomic E-state index is 12.7. The molecule has 10 heteroatoms. The summed E-state index contributed by atoms with van der Waals surface area (Å²) in [5.74, 6) is -0.758. The molecule has 0 spiro atoms. The monoisotopic (exact) mass is 345 g/mol. The molecule has 0 aliphatic heterocycles. The Bertz CT molecular complexity index is 644. The van der Waals surface area contributed by atoms with Crippen molar-refractivity contribution in [2.24, 2.45) is 3.77 Å². The van der Waals surface area contributed by atoms with Crippen molar-refractivity contribution >= 4 is 41.6 Å². The molecule has 1 aromatic heterocycles. The summed E-state index contributed by atoms with van der Waals surface area (Å²) in [6, 6.07) is 2.16. The fraction of sp³-hybridized carbons (Fsp3) is 0.286. The van der Waals surface area contributed by atoms with Gasteiger partial charge in [0.1, 0.15) is 4.60 Å².